The Morgan fingerprint density at radius 2 is 1.67 bits per heavy atom. The minimum absolute atomic E-state index is 0.0149. The fourth-order valence-electron chi connectivity index (χ4n) is 6.11. The molecule has 0 bridgehead atoms. The normalized spacial score (nSPS) is 20.6. The summed E-state index contributed by atoms with van der Waals surface area (Å²) in [5, 5.41) is -0.690. The van der Waals surface area contributed by atoms with Gasteiger partial charge in [0.05, 0.1) is 16.3 Å². The van der Waals surface area contributed by atoms with E-state index in [-0.39, 0.29) is 36.9 Å². The maximum atomic E-state index is 14.1. The van der Waals surface area contributed by atoms with Crippen molar-refractivity contribution in [1.82, 2.24) is 24.3 Å². The Labute approximate surface area is 259 Å². The van der Waals surface area contributed by atoms with Crippen molar-refractivity contribution in [3.8, 4) is 0 Å². The van der Waals surface area contributed by atoms with Gasteiger partial charge in [0.1, 0.15) is 6.04 Å². The van der Waals surface area contributed by atoms with E-state index in [2.05, 4.69) is 14.8 Å². The second-order valence-corrected chi connectivity index (χ2v) is 13.9. The molecule has 4 heterocycles. The molecule has 45 heavy (non-hydrogen) atoms. The second-order valence-electron chi connectivity index (χ2n) is 11.6. The van der Waals surface area contributed by atoms with Gasteiger partial charge >= 0.3 is 11.9 Å². The number of rotatable bonds is 7. The van der Waals surface area contributed by atoms with Gasteiger partial charge in [0.15, 0.2) is 15.7 Å². The van der Waals surface area contributed by atoms with Crippen molar-refractivity contribution in [1.29, 1.82) is 0 Å². The number of aromatic nitrogens is 3. The number of nitrogens with zero attached hydrogens (tertiary/aromatic N) is 7. The lowest BCUT2D eigenvalue weighted by atomic mass is 9.94. The summed E-state index contributed by atoms with van der Waals surface area (Å²) >= 11 is 0. The van der Waals surface area contributed by atoms with Gasteiger partial charge in [0, 0.05) is 51.6 Å². The highest BCUT2D eigenvalue weighted by Crippen LogP contribution is 2.37. The number of likely N-dealkylation sites (tertiary alicyclic amines) is 1. The molecule has 2 aliphatic rings. The van der Waals surface area contributed by atoms with E-state index >= 15 is 0 Å². The molecule has 11 nitrogen and oxygen atoms in total. The number of anilines is 1. The molecular formula is C30H34F3N7O4S. The highest BCUT2D eigenvalue weighted by atomic mass is 32.2. The number of halogens is 3. The minimum atomic E-state index is -4.55. The summed E-state index contributed by atoms with van der Waals surface area (Å²) in [5.41, 5.74) is -0.0418. The average Bonchev–Trinajstić information content (AvgIpc) is 2.97. The first-order valence-electron chi connectivity index (χ1n) is 14.6. The molecule has 1 unspecified atom stereocenters. The van der Waals surface area contributed by atoms with E-state index in [0.29, 0.717) is 48.3 Å². The zero-order chi connectivity index (χ0) is 32.8. The number of sulfone groups is 1. The van der Waals surface area contributed by atoms with Gasteiger partial charge in [-0.25, -0.2) is 13.2 Å². The van der Waals surface area contributed by atoms with Crippen molar-refractivity contribution < 1.29 is 26.4 Å². The smallest absolute Gasteiger partial charge is 0.361 e. The molecule has 2 fully saturated rings. The lowest BCUT2D eigenvalue weighted by Crippen LogP contribution is -2.64. The molecular weight excluding hydrogens is 611 g/mol. The molecule has 0 saturated carbocycles. The number of benzene rings is 1. The number of carbonyl (C=O) groups excluding carboxylic acids is 1. The Hall–Kier alpha value is -4.03. The van der Waals surface area contributed by atoms with E-state index in [1.54, 1.807) is 13.1 Å². The lowest BCUT2D eigenvalue weighted by Gasteiger charge is -2.50. The van der Waals surface area contributed by atoms with Crippen LogP contribution in [0.1, 0.15) is 43.9 Å². The molecule has 3 atom stereocenters. The van der Waals surface area contributed by atoms with Crippen LogP contribution >= 0.6 is 0 Å². The molecule has 2 saturated heterocycles. The van der Waals surface area contributed by atoms with Crippen molar-refractivity contribution in [3.05, 3.63) is 69.4 Å². The fraction of sp³-hybridized carbons (Fsp3) is 0.500. The molecule has 15 heteroatoms. The molecule has 0 N–H and O–H groups in total. The van der Waals surface area contributed by atoms with Gasteiger partial charge in [0.2, 0.25) is 11.4 Å². The predicted molar refractivity (Wildman–Crippen MR) is 163 cm³/mol. The van der Waals surface area contributed by atoms with E-state index in [0.717, 1.165) is 18.4 Å². The van der Waals surface area contributed by atoms with E-state index in [4.69, 9.17) is 6.57 Å². The van der Waals surface area contributed by atoms with Crippen LogP contribution in [0.4, 0.5) is 24.8 Å². The van der Waals surface area contributed by atoms with E-state index < -0.39 is 38.6 Å². The van der Waals surface area contributed by atoms with Crippen LogP contribution in [-0.2, 0) is 27.9 Å². The van der Waals surface area contributed by atoms with Gasteiger partial charge in [0.25, 0.3) is 5.82 Å². The van der Waals surface area contributed by atoms with Crippen LogP contribution in [0.2, 0.25) is 0 Å². The third kappa shape index (κ3) is 6.13. The first kappa shape index (κ1) is 32.4. The summed E-state index contributed by atoms with van der Waals surface area (Å²) in [6.45, 7) is 12.0. The predicted octanol–water partition coefficient (Wildman–Crippen LogP) is 3.57. The Kier molecular flexibility index (Phi) is 8.67. The summed E-state index contributed by atoms with van der Waals surface area (Å²) in [6, 6.07) is 6.18. The molecule has 0 spiro atoms. The quantitative estimate of drug-likeness (QED) is 0.359. The summed E-state index contributed by atoms with van der Waals surface area (Å²) in [6.07, 6.45) is -2.31. The van der Waals surface area contributed by atoms with Gasteiger partial charge in [-0.1, -0.05) is 32.6 Å². The standard InChI is InChI=1S/C30H34F3N7O4S/c1-6-20-15-40(27-25-23(37(4)29(42)36-27)12-13-24(34-3)35-25)21(7-2)14-39(20)26(18-8-10-19(11-9-18)30(31,32)33)28(41)38-16-22(17-38)45(5,43)44/h8-13,20-22,26H,6-7,14-17H2,1-2,4-5H3/t20-,21+,26?/m1/s1. The molecule has 240 valence electrons. The lowest BCUT2D eigenvalue weighted by molar-refractivity contribution is -0.142. The van der Waals surface area contributed by atoms with Crippen LogP contribution in [0.5, 0.6) is 0 Å². The van der Waals surface area contributed by atoms with Gasteiger partial charge < -0.3 is 14.6 Å². The molecule has 5 rings (SSSR count). The van der Waals surface area contributed by atoms with E-state index in [1.807, 2.05) is 23.6 Å². The number of aryl methyl sites for hydroxylation is 1. The van der Waals surface area contributed by atoms with Crippen LogP contribution < -0.4 is 10.6 Å². The monoisotopic (exact) mass is 645 g/mol. The van der Waals surface area contributed by atoms with Crippen LogP contribution in [0, 0.1) is 6.57 Å². The largest absolute Gasteiger partial charge is 0.416 e. The molecule has 1 aromatic carbocycles. The van der Waals surface area contributed by atoms with Crippen LogP contribution in [0.25, 0.3) is 15.9 Å². The summed E-state index contributed by atoms with van der Waals surface area (Å²) in [4.78, 5) is 44.7. The summed E-state index contributed by atoms with van der Waals surface area (Å²) in [7, 11) is -1.78. The highest BCUT2D eigenvalue weighted by Gasteiger charge is 2.46. The SMILES string of the molecule is [C-]#[N+]c1ccc2c(n1)c(N1C[C@@H](CC)N(C(C(=O)N3CC(S(C)(=O)=O)C3)c3ccc(C(F)(F)F)cc3)C[C@@H]1CC)nc(=O)n2C. The Balaban J connectivity index is 1.56. The topological polar surface area (TPSA) is 113 Å². The summed E-state index contributed by atoms with van der Waals surface area (Å²) in [5.74, 6) is 0.106. The molecule has 3 aromatic rings. The molecule has 0 radical (unpaired) electrons. The second kappa shape index (κ2) is 12.1. The van der Waals surface area contributed by atoms with Crippen molar-refractivity contribution in [3.63, 3.8) is 0 Å². The van der Waals surface area contributed by atoms with Crippen molar-refractivity contribution >= 4 is 38.4 Å². The Morgan fingerprint density at radius 3 is 2.22 bits per heavy atom. The van der Waals surface area contributed by atoms with Crippen molar-refractivity contribution in [2.24, 2.45) is 7.05 Å². The van der Waals surface area contributed by atoms with E-state index in [9.17, 15) is 31.2 Å². The molecule has 2 aromatic heterocycles. The molecule has 1 amide bonds. The van der Waals surface area contributed by atoms with Gasteiger partial charge in [-0.05, 0) is 42.7 Å². The number of carbonyl (C=O) groups is 1. The highest BCUT2D eigenvalue weighted by molar-refractivity contribution is 7.91. The third-order valence-corrected chi connectivity index (χ3v) is 10.4. The van der Waals surface area contributed by atoms with Crippen LogP contribution in [0.3, 0.4) is 0 Å². The van der Waals surface area contributed by atoms with Gasteiger partial charge in [-0.3, -0.25) is 14.3 Å². The molecule has 0 aliphatic carbocycles. The van der Waals surface area contributed by atoms with Crippen molar-refractivity contribution in [2.75, 3.05) is 37.3 Å². The van der Waals surface area contributed by atoms with Crippen LogP contribution in [0.15, 0.2) is 41.2 Å². The maximum absolute atomic E-state index is 14.1. The number of alkyl halides is 3. The van der Waals surface area contributed by atoms with Crippen LogP contribution in [-0.4, -0.2) is 88.4 Å². The zero-order valence-corrected chi connectivity index (χ0v) is 26.1. The van der Waals surface area contributed by atoms with Gasteiger partial charge in [-0.15, -0.1) is 4.98 Å². The molecule has 2 aliphatic heterocycles. The number of piperazine rings is 1. The fourth-order valence-corrected chi connectivity index (χ4v) is 7.02. The maximum Gasteiger partial charge on any atom is 0.416 e. The minimum Gasteiger partial charge on any atom is -0.361 e. The summed E-state index contributed by atoms with van der Waals surface area (Å²) < 4.78 is 65.7. The first-order valence-corrected chi connectivity index (χ1v) is 16.6. The Bertz CT molecular complexity index is 1820. The number of amides is 1. The average molecular weight is 646 g/mol. The number of hydrogen-bond acceptors (Lipinski definition) is 8. The Morgan fingerprint density at radius 1 is 1.02 bits per heavy atom. The number of hydrogen-bond donors (Lipinski definition) is 0. The van der Waals surface area contributed by atoms with E-state index in [1.165, 1.54) is 27.7 Å². The van der Waals surface area contributed by atoms with Crippen molar-refractivity contribution in [2.45, 2.75) is 56.2 Å². The van der Waals surface area contributed by atoms with Gasteiger partial charge in [-0.2, -0.15) is 18.2 Å². The first-order chi connectivity index (χ1) is 21.2. The third-order valence-electron chi connectivity index (χ3n) is 8.87. The zero-order valence-electron chi connectivity index (χ0n) is 25.3. The number of pyridine rings is 1. The number of fused-ring (bicyclic) bond motifs is 1.